The van der Waals surface area contributed by atoms with E-state index in [-0.39, 0.29) is 37.8 Å². The second-order valence-corrected chi connectivity index (χ2v) is 10.8. The van der Waals surface area contributed by atoms with Crippen molar-refractivity contribution < 1.29 is 28.7 Å². The third-order valence-electron chi connectivity index (χ3n) is 7.71. The molecule has 2 heterocycles. The second kappa shape index (κ2) is 15.8. The Morgan fingerprint density at radius 3 is 2.14 bits per heavy atom. The van der Waals surface area contributed by atoms with Gasteiger partial charge in [-0.3, -0.25) is 24.3 Å². The van der Waals surface area contributed by atoms with Gasteiger partial charge in [-0.25, -0.2) is 4.79 Å². The number of hydrogen-bond acceptors (Lipinski definition) is 7. The summed E-state index contributed by atoms with van der Waals surface area (Å²) in [5.74, 6) is -2.82. The molecule has 0 bridgehead atoms. The summed E-state index contributed by atoms with van der Waals surface area (Å²) in [6, 6.07) is 20.1. The van der Waals surface area contributed by atoms with E-state index in [4.69, 9.17) is 9.47 Å². The maximum Gasteiger partial charge on any atom is 0.330 e. The summed E-state index contributed by atoms with van der Waals surface area (Å²) in [6.07, 6.45) is 7.58. The van der Waals surface area contributed by atoms with Gasteiger partial charge < -0.3 is 9.47 Å². The predicted octanol–water partition coefficient (Wildman–Crippen LogP) is 5.43. The van der Waals surface area contributed by atoms with Crippen LogP contribution >= 0.6 is 0 Å². The van der Waals surface area contributed by atoms with Gasteiger partial charge in [0.05, 0.1) is 25.6 Å². The highest BCUT2D eigenvalue weighted by molar-refractivity contribution is 6.08. The van der Waals surface area contributed by atoms with E-state index in [0.29, 0.717) is 17.7 Å². The zero-order valence-electron chi connectivity index (χ0n) is 24.9. The first kappa shape index (κ1) is 31.6. The summed E-state index contributed by atoms with van der Waals surface area (Å²) in [6.45, 7) is 4.34. The van der Waals surface area contributed by atoms with E-state index in [1.807, 2.05) is 60.7 Å². The monoisotopic (exact) mass is 584 g/mol. The van der Waals surface area contributed by atoms with Crippen molar-refractivity contribution in [2.24, 2.45) is 5.92 Å². The van der Waals surface area contributed by atoms with Crippen LogP contribution in [0.5, 0.6) is 0 Å². The number of nitrogens with zero attached hydrogens (tertiary/aromatic N) is 2. The summed E-state index contributed by atoms with van der Waals surface area (Å²) in [7, 11) is 0. The summed E-state index contributed by atoms with van der Waals surface area (Å²) in [5, 5.41) is 0. The number of β-lactam (4-membered cyclic amide) rings is 1. The van der Waals surface area contributed by atoms with E-state index in [2.05, 4.69) is 11.9 Å². The molecule has 0 aliphatic carbocycles. The standard InChI is InChI=1S/C35H40N2O6/c1-3-5-6-13-18-43-32(39)21-26-19-25(23-36-24-26)20-30-33(35(41)42-4-2)37(34(30)40)31(38)22-29(27-14-9-7-10-15-27)28-16-11-8-12-17-28/h7-12,14-17,19,23-24,29-30,33H,3-6,13,18,20-22H2,1-2H3/t30-,33+/m1/s1. The van der Waals surface area contributed by atoms with Crippen LogP contribution in [0, 0.1) is 5.92 Å². The highest BCUT2D eigenvalue weighted by Gasteiger charge is 2.55. The topological polar surface area (TPSA) is 103 Å². The quantitative estimate of drug-likeness (QED) is 0.133. The maximum atomic E-state index is 13.7. The Labute approximate surface area is 253 Å². The van der Waals surface area contributed by atoms with Gasteiger partial charge >= 0.3 is 11.9 Å². The number of carbonyl (C=O) groups is 4. The van der Waals surface area contributed by atoms with Crippen molar-refractivity contribution in [2.75, 3.05) is 13.2 Å². The molecule has 0 N–H and O–H groups in total. The Bertz CT molecular complexity index is 1340. The lowest BCUT2D eigenvalue weighted by Crippen LogP contribution is -2.67. The molecule has 1 fully saturated rings. The highest BCUT2D eigenvalue weighted by Crippen LogP contribution is 2.35. The molecule has 0 spiro atoms. The number of rotatable bonds is 15. The molecular formula is C35H40N2O6. The van der Waals surface area contributed by atoms with Crippen LogP contribution in [0.1, 0.15) is 74.1 Å². The molecule has 43 heavy (non-hydrogen) atoms. The van der Waals surface area contributed by atoms with Gasteiger partial charge in [0, 0.05) is 24.7 Å². The lowest BCUT2D eigenvalue weighted by atomic mass is 9.80. The van der Waals surface area contributed by atoms with Crippen molar-refractivity contribution in [3.63, 3.8) is 0 Å². The summed E-state index contributed by atoms with van der Waals surface area (Å²) in [4.78, 5) is 57.8. The Hall–Kier alpha value is -4.33. The second-order valence-electron chi connectivity index (χ2n) is 10.8. The fraction of sp³-hybridized carbons (Fsp3) is 0.400. The number of unbranched alkanes of at least 4 members (excludes halogenated alkanes) is 3. The Kier molecular flexibility index (Phi) is 11.6. The normalized spacial score (nSPS) is 16.1. The van der Waals surface area contributed by atoms with Crippen LogP contribution in [0.3, 0.4) is 0 Å². The first-order valence-corrected chi connectivity index (χ1v) is 15.1. The molecule has 226 valence electrons. The minimum atomic E-state index is -1.02. The minimum Gasteiger partial charge on any atom is -0.465 e. The predicted molar refractivity (Wildman–Crippen MR) is 162 cm³/mol. The lowest BCUT2D eigenvalue weighted by Gasteiger charge is -2.44. The smallest absolute Gasteiger partial charge is 0.330 e. The van der Waals surface area contributed by atoms with Gasteiger partial charge in [0.1, 0.15) is 6.04 Å². The molecule has 4 rings (SSSR count). The zero-order chi connectivity index (χ0) is 30.6. The largest absolute Gasteiger partial charge is 0.465 e. The number of benzene rings is 2. The summed E-state index contributed by atoms with van der Waals surface area (Å²) in [5.41, 5.74) is 3.25. The molecule has 8 nitrogen and oxygen atoms in total. The van der Waals surface area contributed by atoms with E-state index in [1.54, 1.807) is 25.4 Å². The molecule has 0 radical (unpaired) electrons. The van der Waals surface area contributed by atoms with E-state index in [1.165, 1.54) is 0 Å². The Morgan fingerprint density at radius 2 is 1.51 bits per heavy atom. The van der Waals surface area contributed by atoms with Gasteiger partial charge in [0.25, 0.3) is 0 Å². The number of carbonyl (C=O) groups excluding carboxylic acids is 4. The average molecular weight is 585 g/mol. The van der Waals surface area contributed by atoms with Crippen molar-refractivity contribution in [1.29, 1.82) is 0 Å². The van der Waals surface area contributed by atoms with Crippen LogP contribution in [0.2, 0.25) is 0 Å². The van der Waals surface area contributed by atoms with Crippen molar-refractivity contribution in [3.05, 3.63) is 101 Å². The molecule has 3 aromatic rings. The van der Waals surface area contributed by atoms with Gasteiger partial charge in [0.15, 0.2) is 0 Å². The van der Waals surface area contributed by atoms with Gasteiger partial charge in [-0.2, -0.15) is 0 Å². The molecule has 8 heteroatoms. The van der Waals surface area contributed by atoms with Crippen LogP contribution in [0.15, 0.2) is 79.1 Å². The number of aromatic nitrogens is 1. The number of likely N-dealkylation sites (tertiary alicyclic amines) is 1. The first-order chi connectivity index (χ1) is 20.9. The van der Waals surface area contributed by atoms with Gasteiger partial charge in [0.2, 0.25) is 11.8 Å². The van der Waals surface area contributed by atoms with E-state index < -0.39 is 29.7 Å². The molecule has 0 saturated carbocycles. The Morgan fingerprint density at radius 1 is 0.860 bits per heavy atom. The summed E-state index contributed by atoms with van der Waals surface area (Å²) < 4.78 is 10.6. The zero-order valence-corrected chi connectivity index (χ0v) is 24.9. The highest BCUT2D eigenvalue weighted by atomic mass is 16.5. The number of imide groups is 1. The van der Waals surface area contributed by atoms with Crippen molar-refractivity contribution >= 4 is 23.8 Å². The fourth-order valence-electron chi connectivity index (χ4n) is 5.53. The number of ether oxygens (including phenoxy) is 2. The van der Waals surface area contributed by atoms with Crippen LogP contribution in [-0.4, -0.2) is 52.9 Å². The Balaban J connectivity index is 1.45. The fourth-order valence-corrected chi connectivity index (χ4v) is 5.53. The molecule has 1 saturated heterocycles. The van der Waals surface area contributed by atoms with Crippen molar-refractivity contribution in [3.8, 4) is 0 Å². The van der Waals surface area contributed by atoms with Crippen molar-refractivity contribution in [2.45, 2.75) is 70.8 Å². The number of pyridine rings is 1. The molecule has 0 unspecified atom stereocenters. The van der Waals surface area contributed by atoms with Crippen LogP contribution in [0.25, 0.3) is 0 Å². The van der Waals surface area contributed by atoms with Gasteiger partial charge in [-0.1, -0.05) is 92.9 Å². The van der Waals surface area contributed by atoms with E-state index in [9.17, 15) is 19.2 Å². The van der Waals surface area contributed by atoms with Gasteiger partial charge in [-0.05, 0) is 42.0 Å². The minimum absolute atomic E-state index is 0.0278. The third-order valence-corrected chi connectivity index (χ3v) is 7.71. The van der Waals surface area contributed by atoms with E-state index >= 15 is 0 Å². The SMILES string of the molecule is CCCCCCOC(=O)Cc1cncc(C[C@H]2C(=O)N(C(=O)CC(c3ccccc3)c3ccccc3)[C@@H]2C(=O)OCC)c1. The molecule has 1 aliphatic rings. The number of amides is 2. The molecule has 2 atom stereocenters. The lowest BCUT2D eigenvalue weighted by molar-refractivity contribution is -0.179. The summed E-state index contributed by atoms with van der Waals surface area (Å²) >= 11 is 0. The molecule has 1 aromatic heterocycles. The van der Waals surface area contributed by atoms with Crippen LogP contribution < -0.4 is 0 Å². The molecule has 1 aliphatic heterocycles. The van der Waals surface area contributed by atoms with Gasteiger partial charge in [-0.15, -0.1) is 0 Å². The number of esters is 2. The number of hydrogen-bond donors (Lipinski definition) is 0. The molecule has 2 aromatic carbocycles. The maximum absolute atomic E-state index is 13.7. The van der Waals surface area contributed by atoms with Crippen LogP contribution in [-0.2, 0) is 41.5 Å². The molecule has 2 amide bonds. The van der Waals surface area contributed by atoms with E-state index in [0.717, 1.165) is 41.7 Å². The molecular weight excluding hydrogens is 544 g/mol. The van der Waals surface area contributed by atoms with Crippen molar-refractivity contribution in [1.82, 2.24) is 9.88 Å². The average Bonchev–Trinajstić information content (AvgIpc) is 3.02. The third kappa shape index (κ3) is 8.37. The first-order valence-electron chi connectivity index (χ1n) is 15.1. The van der Waals surface area contributed by atoms with Crippen LogP contribution in [0.4, 0.5) is 0 Å².